The Hall–Kier alpha value is -1.39. The summed E-state index contributed by atoms with van der Waals surface area (Å²) in [6.45, 7) is 11.8. The Morgan fingerprint density at radius 3 is 2.53 bits per heavy atom. The van der Waals surface area contributed by atoms with Gasteiger partial charge in [0.05, 0.1) is 0 Å². The van der Waals surface area contributed by atoms with Crippen LogP contribution >= 0.6 is 0 Å². The molecule has 1 aromatic rings. The fourth-order valence-corrected chi connectivity index (χ4v) is 6.41. The largest absolute Gasteiger partial charge is 0.481 e. The summed E-state index contributed by atoms with van der Waals surface area (Å²) in [5.41, 5.74) is 1.44. The highest BCUT2D eigenvalue weighted by molar-refractivity contribution is 6.69. The van der Waals surface area contributed by atoms with E-state index in [0.717, 1.165) is 25.2 Å². The van der Waals surface area contributed by atoms with Crippen LogP contribution in [0.3, 0.4) is 0 Å². The van der Waals surface area contributed by atoms with Crippen LogP contribution in [0, 0.1) is 23.7 Å². The van der Waals surface area contributed by atoms with Gasteiger partial charge in [0.25, 0.3) is 0 Å². The van der Waals surface area contributed by atoms with E-state index >= 15 is 0 Å². The van der Waals surface area contributed by atoms with Crippen molar-refractivity contribution in [2.45, 2.75) is 97.4 Å². The molecule has 0 amide bonds. The van der Waals surface area contributed by atoms with Gasteiger partial charge in [0.2, 0.25) is 0 Å². The van der Waals surface area contributed by atoms with Gasteiger partial charge in [0.15, 0.2) is 8.32 Å². The van der Waals surface area contributed by atoms with Gasteiger partial charge < -0.3 is 9.53 Å². The van der Waals surface area contributed by atoms with Crippen LogP contribution in [0.2, 0.25) is 19.6 Å². The van der Waals surface area contributed by atoms with E-state index in [1.807, 2.05) is 0 Å². The van der Waals surface area contributed by atoms with Crippen LogP contribution in [0.5, 0.6) is 0 Å². The molecule has 5 atom stereocenters. The minimum absolute atomic E-state index is 0.264. The van der Waals surface area contributed by atoms with Crippen molar-refractivity contribution in [1.29, 1.82) is 0 Å². The first kappa shape index (κ1) is 26.9. The van der Waals surface area contributed by atoms with E-state index in [0.29, 0.717) is 23.9 Å². The molecule has 1 aliphatic rings. The van der Waals surface area contributed by atoms with Gasteiger partial charge in [-0.1, -0.05) is 62.8 Å². The van der Waals surface area contributed by atoms with Crippen LogP contribution in [-0.2, 0) is 15.6 Å². The normalized spacial score (nSPS) is 24.8. The Labute approximate surface area is 197 Å². The van der Waals surface area contributed by atoms with Crippen LogP contribution in [-0.4, -0.2) is 25.5 Å². The Morgan fingerprint density at radius 1 is 1.16 bits per heavy atom. The van der Waals surface area contributed by atoms with Crippen molar-refractivity contribution >= 4 is 14.3 Å². The molecule has 0 radical (unpaired) electrons. The predicted octanol–water partition coefficient (Wildman–Crippen LogP) is 7.73. The van der Waals surface area contributed by atoms with Gasteiger partial charge in [-0.05, 0) is 93.8 Å². The molecule has 0 aliphatic heterocycles. The van der Waals surface area contributed by atoms with Gasteiger partial charge in [-0.15, -0.1) is 0 Å². The third kappa shape index (κ3) is 10.0. The van der Waals surface area contributed by atoms with E-state index in [1.54, 1.807) is 0 Å². The predicted molar refractivity (Wildman–Crippen MR) is 137 cm³/mol. The van der Waals surface area contributed by atoms with E-state index in [2.05, 4.69) is 76.0 Å². The van der Waals surface area contributed by atoms with E-state index in [4.69, 9.17) is 9.53 Å². The molecule has 3 nitrogen and oxygen atoms in total. The van der Waals surface area contributed by atoms with Gasteiger partial charge in [0.1, 0.15) is 0 Å². The maximum atomic E-state index is 10.7. The lowest BCUT2D eigenvalue weighted by molar-refractivity contribution is -0.137. The molecular weight excluding hydrogens is 412 g/mol. The minimum Gasteiger partial charge on any atom is -0.481 e. The average molecular weight is 459 g/mol. The molecule has 1 saturated carbocycles. The number of allylic oxidation sites excluding steroid dienone is 2. The van der Waals surface area contributed by atoms with Crippen molar-refractivity contribution in [2.24, 2.45) is 23.7 Å². The van der Waals surface area contributed by atoms with E-state index in [1.165, 1.54) is 37.7 Å². The molecule has 180 valence electrons. The van der Waals surface area contributed by atoms with Crippen LogP contribution in [0.4, 0.5) is 0 Å². The van der Waals surface area contributed by atoms with Crippen molar-refractivity contribution in [1.82, 2.24) is 0 Å². The van der Waals surface area contributed by atoms with Crippen molar-refractivity contribution in [3.05, 3.63) is 48.0 Å². The van der Waals surface area contributed by atoms with Crippen LogP contribution in [0.15, 0.2) is 42.5 Å². The first-order valence-electron chi connectivity index (χ1n) is 12.7. The highest BCUT2D eigenvalue weighted by Gasteiger charge is 2.42. The maximum absolute atomic E-state index is 10.7. The number of hydrogen-bond acceptors (Lipinski definition) is 2. The Morgan fingerprint density at radius 2 is 1.88 bits per heavy atom. The summed E-state index contributed by atoms with van der Waals surface area (Å²) in [5, 5.41) is 8.81. The zero-order valence-corrected chi connectivity index (χ0v) is 22.1. The third-order valence-corrected chi connectivity index (χ3v) is 7.98. The number of benzene rings is 1. The zero-order chi connectivity index (χ0) is 23.6. The van der Waals surface area contributed by atoms with Crippen LogP contribution in [0.25, 0.3) is 0 Å². The first-order valence-corrected chi connectivity index (χ1v) is 16.1. The Kier molecular flexibility index (Phi) is 11.2. The molecule has 0 spiro atoms. The summed E-state index contributed by atoms with van der Waals surface area (Å²) in [6.07, 6.45) is 14.0. The SMILES string of the molecule is C[C@@H](CCc1ccccc1)CC[C@@H]1C(C/C=C\CCCC(=O)O)[C@@H](C)C[C@H]1O[Si](C)(C)C. The molecule has 1 unspecified atom stereocenters. The second kappa shape index (κ2) is 13.3. The number of rotatable bonds is 14. The summed E-state index contributed by atoms with van der Waals surface area (Å²) in [7, 11) is -1.57. The lowest BCUT2D eigenvalue weighted by Gasteiger charge is -2.31. The molecule has 4 heteroatoms. The van der Waals surface area contributed by atoms with Crippen molar-refractivity contribution in [3.8, 4) is 0 Å². The van der Waals surface area contributed by atoms with Crippen LogP contribution < -0.4 is 0 Å². The van der Waals surface area contributed by atoms with Gasteiger partial charge in [-0.25, -0.2) is 0 Å². The van der Waals surface area contributed by atoms with Crippen molar-refractivity contribution < 1.29 is 14.3 Å². The maximum Gasteiger partial charge on any atom is 0.303 e. The highest BCUT2D eigenvalue weighted by Crippen LogP contribution is 2.45. The Bertz CT molecular complexity index is 694. The molecule has 1 aromatic carbocycles. The minimum atomic E-state index is -1.57. The number of aryl methyl sites for hydroxylation is 1. The van der Waals surface area contributed by atoms with Gasteiger partial charge in [-0.3, -0.25) is 4.79 Å². The summed E-state index contributed by atoms with van der Waals surface area (Å²) >= 11 is 0. The molecule has 0 saturated heterocycles. The number of unbranched alkanes of at least 4 members (excludes halogenated alkanes) is 1. The lowest BCUT2D eigenvalue weighted by atomic mass is 9.82. The smallest absolute Gasteiger partial charge is 0.303 e. The zero-order valence-electron chi connectivity index (χ0n) is 21.1. The topological polar surface area (TPSA) is 46.5 Å². The summed E-state index contributed by atoms with van der Waals surface area (Å²) in [6, 6.07) is 10.8. The van der Waals surface area contributed by atoms with E-state index in [9.17, 15) is 4.79 Å². The van der Waals surface area contributed by atoms with Gasteiger partial charge in [-0.2, -0.15) is 0 Å². The first-order chi connectivity index (χ1) is 15.2. The number of carbonyl (C=O) groups is 1. The highest BCUT2D eigenvalue weighted by atomic mass is 28.4. The number of carboxylic acid groups (broad SMARTS) is 1. The fourth-order valence-electron chi connectivity index (χ4n) is 5.23. The number of carboxylic acids is 1. The second-order valence-electron chi connectivity index (χ2n) is 11.0. The number of hydrogen-bond donors (Lipinski definition) is 1. The monoisotopic (exact) mass is 458 g/mol. The molecule has 1 N–H and O–H groups in total. The van der Waals surface area contributed by atoms with E-state index < -0.39 is 14.3 Å². The van der Waals surface area contributed by atoms with Gasteiger partial charge in [0, 0.05) is 12.5 Å². The molecule has 0 aromatic heterocycles. The quantitative estimate of drug-likeness (QED) is 0.176. The van der Waals surface area contributed by atoms with Gasteiger partial charge >= 0.3 is 5.97 Å². The molecule has 32 heavy (non-hydrogen) atoms. The summed E-state index contributed by atoms with van der Waals surface area (Å²) in [5.74, 6) is 2.03. The summed E-state index contributed by atoms with van der Waals surface area (Å²) < 4.78 is 6.69. The second-order valence-corrected chi connectivity index (χ2v) is 15.5. The standard InChI is InChI=1S/C28H46O3Si/c1-22(17-19-24-13-9-8-10-14-24)18-20-26-25(15-11-6-7-12-16-28(29)30)23(2)21-27(26)31-32(3,4)5/h6,8-11,13-14,22-23,25-27H,7,12,15-21H2,1-5H3,(H,29,30)/b11-6-/t22-,23-,25?,26+,27+/m0/s1. The van der Waals surface area contributed by atoms with Crippen LogP contribution in [0.1, 0.15) is 70.8 Å². The Balaban J connectivity index is 1.91. The molecule has 0 heterocycles. The molecule has 0 bridgehead atoms. The summed E-state index contributed by atoms with van der Waals surface area (Å²) in [4.78, 5) is 10.7. The molecule has 1 aliphatic carbocycles. The molecule has 1 fully saturated rings. The fraction of sp³-hybridized carbons (Fsp3) is 0.679. The molecular formula is C28H46O3Si. The third-order valence-electron chi connectivity index (χ3n) is 6.97. The van der Waals surface area contributed by atoms with Crippen molar-refractivity contribution in [3.63, 3.8) is 0 Å². The molecule has 2 rings (SSSR count). The lowest BCUT2D eigenvalue weighted by Crippen LogP contribution is -2.35. The number of aliphatic carboxylic acids is 1. The average Bonchev–Trinajstić information content (AvgIpc) is 3.00. The van der Waals surface area contributed by atoms with E-state index in [-0.39, 0.29) is 6.42 Å². The van der Waals surface area contributed by atoms with Crippen molar-refractivity contribution in [2.75, 3.05) is 0 Å².